The molecule has 2 aromatic rings. The normalized spacial score (nSPS) is 16.6. The van der Waals surface area contributed by atoms with Gasteiger partial charge in [-0.3, -0.25) is 4.79 Å². The minimum atomic E-state index is -1.45. The molecule has 0 radical (unpaired) electrons. The highest BCUT2D eigenvalue weighted by molar-refractivity contribution is 6.89. The highest BCUT2D eigenvalue weighted by Gasteiger charge is 2.31. The molecule has 1 N–H and O–H groups in total. The van der Waals surface area contributed by atoms with Gasteiger partial charge in [0, 0.05) is 23.6 Å². The minimum absolute atomic E-state index is 0.0380. The molecule has 0 fully saturated rings. The molecule has 3 nitrogen and oxygen atoms in total. The van der Waals surface area contributed by atoms with Gasteiger partial charge in [-0.15, -0.1) is 0 Å². The first-order valence-corrected chi connectivity index (χ1v) is 11.6. The van der Waals surface area contributed by atoms with Gasteiger partial charge in [-0.1, -0.05) is 56.0 Å². The maximum Gasteiger partial charge on any atom is 0.225 e. The summed E-state index contributed by atoms with van der Waals surface area (Å²) < 4.78 is 5.97. The highest BCUT2D eigenvalue weighted by atomic mass is 28.3. The van der Waals surface area contributed by atoms with Crippen molar-refractivity contribution >= 4 is 24.9 Å². The number of ether oxygens (including phenoxy) is 1. The van der Waals surface area contributed by atoms with Crippen molar-refractivity contribution < 1.29 is 9.53 Å². The summed E-state index contributed by atoms with van der Waals surface area (Å²) in [6, 6.07) is 16.0. The Bertz CT molecular complexity index is 707. The Hall–Kier alpha value is -2.07. The van der Waals surface area contributed by atoms with E-state index in [0.29, 0.717) is 13.0 Å². The fourth-order valence-electron chi connectivity index (χ4n) is 3.03. The minimum Gasteiger partial charge on any atom is -0.493 e. The second-order valence-corrected chi connectivity index (χ2v) is 12.1. The first kappa shape index (κ1) is 15.8. The fourth-order valence-corrected chi connectivity index (χ4v) is 4.52. The van der Waals surface area contributed by atoms with Crippen LogP contribution in [0.25, 0.3) is 0 Å². The standard InChI is InChI=1S/C19H23NO2Si/c1-23(2,3)17-11-7-10-16-14(13-22-19(16)17)12-18(21)20-15-8-5-4-6-9-15/h4-11,14H,12-13H2,1-3H3,(H,20,21)/t14-/m0/s1. The second-order valence-electron chi connectivity index (χ2n) is 7.10. The number of anilines is 1. The van der Waals surface area contributed by atoms with Gasteiger partial charge in [-0.05, 0) is 17.3 Å². The fraction of sp³-hybridized carbons (Fsp3) is 0.316. The molecule has 0 aliphatic carbocycles. The lowest BCUT2D eigenvalue weighted by molar-refractivity contribution is -0.116. The van der Waals surface area contributed by atoms with Crippen molar-refractivity contribution in [3.63, 3.8) is 0 Å². The van der Waals surface area contributed by atoms with Crippen LogP contribution in [0.1, 0.15) is 17.9 Å². The van der Waals surface area contributed by atoms with E-state index in [2.05, 4.69) is 43.2 Å². The summed E-state index contributed by atoms with van der Waals surface area (Å²) in [6.07, 6.45) is 0.455. The lowest BCUT2D eigenvalue weighted by atomic mass is 9.97. The van der Waals surface area contributed by atoms with Crippen molar-refractivity contribution in [1.29, 1.82) is 0 Å². The summed E-state index contributed by atoms with van der Waals surface area (Å²) >= 11 is 0. The van der Waals surface area contributed by atoms with Crippen LogP contribution in [0, 0.1) is 0 Å². The van der Waals surface area contributed by atoms with Crippen LogP contribution in [-0.4, -0.2) is 20.6 Å². The average Bonchev–Trinajstić information content (AvgIpc) is 2.90. The Morgan fingerprint density at radius 2 is 1.87 bits per heavy atom. The highest BCUT2D eigenvalue weighted by Crippen LogP contribution is 2.35. The van der Waals surface area contributed by atoms with E-state index in [9.17, 15) is 4.79 Å². The largest absolute Gasteiger partial charge is 0.493 e. The van der Waals surface area contributed by atoms with Gasteiger partial charge in [0.05, 0.1) is 14.7 Å². The van der Waals surface area contributed by atoms with Crippen LogP contribution in [0.2, 0.25) is 19.6 Å². The number of amides is 1. The zero-order valence-electron chi connectivity index (χ0n) is 13.9. The number of benzene rings is 2. The van der Waals surface area contributed by atoms with Gasteiger partial charge >= 0.3 is 0 Å². The van der Waals surface area contributed by atoms with Gasteiger partial charge in [0.1, 0.15) is 5.75 Å². The average molecular weight is 325 g/mol. The van der Waals surface area contributed by atoms with Gasteiger partial charge in [0.15, 0.2) is 0 Å². The van der Waals surface area contributed by atoms with E-state index >= 15 is 0 Å². The Morgan fingerprint density at radius 3 is 2.57 bits per heavy atom. The molecular weight excluding hydrogens is 302 g/mol. The third-order valence-electron chi connectivity index (χ3n) is 4.21. The summed E-state index contributed by atoms with van der Waals surface area (Å²) in [5.74, 6) is 1.21. The summed E-state index contributed by atoms with van der Waals surface area (Å²) in [5.41, 5.74) is 2.03. The molecule has 0 spiro atoms. The van der Waals surface area contributed by atoms with Crippen molar-refractivity contribution in [2.75, 3.05) is 11.9 Å². The van der Waals surface area contributed by atoms with E-state index in [-0.39, 0.29) is 11.8 Å². The van der Waals surface area contributed by atoms with Crippen LogP contribution >= 0.6 is 0 Å². The third kappa shape index (κ3) is 3.48. The summed E-state index contributed by atoms with van der Waals surface area (Å²) in [6.45, 7) is 7.56. The van der Waals surface area contributed by atoms with Crippen LogP contribution in [0.5, 0.6) is 5.75 Å². The zero-order valence-corrected chi connectivity index (χ0v) is 14.9. The number of fused-ring (bicyclic) bond motifs is 1. The lowest BCUT2D eigenvalue weighted by Gasteiger charge is -2.19. The number of nitrogens with one attached hydrogen (secondary N) is 1. The molecule has 4 heteroatoms. The molecule has 0 unspecified atom stereocenters. The molecular formula is C19H23NO2Si. The summed E-state index contributed by atoms with van der Waals surface area (Å²) in [7, 11) is -1.45. The molecule has 0 bridgehead atoms. The van der Waals surface area contributed by atoms with Crippen LogP contribution in [0.3, 0.4) is 0 Å². The predicted octanol–water partition coefficient (Wildman–Crippen LogP) is 3.74. The van der Waals surface area contributed by atoms with E-state index in [4.69, 9.17) is 4.74 Å². The molecule has 1 aliphatic rings. The molecule has 3 rings (SSSR count). The molecule has 0 saturated carbocycles. The Balaban J connectivity index is 1.75. The van der Waals surface area contributed by atoms with Crippen molar-refractivity contribution in [1.82, 2.24) is 0 Å². The van der Waals surface area contributed by atoms with Crippen molar-refractivity contribution in [3.05, 3.63) is 54.1 Å². The predicted molar refractivity (Wildman–Crippen MR) is 97.3 cm³/mol. The van der Waals surface area contributed by atoms with Crippen LogP contribution in [0.4, 0.5) is 5.69 Å². The van der Waals surface area contributed by atoms with Crippen LogP contribution in [-0.2, 0) is 4.79 Å². The molecule has 2 aromatic carbocycles. The Kier molecular flexibility index (Phi) is 4.26. The molecule has 1 aliphatic heterocycles. The quantitative estimate of drug-likeness (QED) is 0.870. The van der Waals surface area contributed by atoms with Gasteiger partial charge in [0.25, 0.3) is 0 Å². The number of rotatable bonds is 4. The maximum absolute atomic E-state index is 12.3. The topological polar surface area (TPSA) is 38.3 Å². The van der Waals surface area contributed by atoms with E-state index in [1.54, 1.807) is 0 Å². The third-order valence-corrected chi connectivity index (χ3v) is 6.22. The lowest BCUT2D eigenvalue weighted by Crippen LogP contribution is -2.38. The zero-order chi connectivity index (χ0) is 16.4. The number of carbonyl (C=O) groups excluding carboxylic acids is 1. The molecule has 1 heterocycles. The molecule has 1 amide bonds. The summed E-state index contributed by atoms with van der Waals surface area (Å²) in [4.78, 5) is 12.3. The van der Waals surface area contributed by atoms with Gasteiger partial charge in [-0.2, -0.15) is 0 Å². The molecule has 0 saturated heterocycles. The maximum atomic E-state index is 12.3. The van der Waals surface area contributed by atoms with Crippen LogP contribution in [0.15, 0.2) is 48.5 Å². The molecule has 120 valence electrons. The number of hydrogen-bond acceptors (Lipinski definition) is 2. The SMILES string of the molecule is C[Si](C)(C)c1cccc2c1OC[C@@H]2CC(=O)Nc1ccccc1. The Morgan fingerprint density at radius 1 is 1.13 bits per heavy atom. The van der Waals surface area contributed by atoms with E-state index in [1.807, 2.05) is 30.3 Å². The Labute approximate surface area is 138 Å². The van der Waals surface area contributed by atoms with Crippen LogP contribution < -0.4 is 15.2 Å². The first-order chi connectivity index (χ1) is 10.9. The van der Waals surface area contributed by atoms with Gasteiger partial charge in [0.2, 0.25) is 5.91 Å². The molecule has 0 aromatic heterocycles. The van der Waals surface area contributed by atoms with Gasteiger partial charge < -0.3 is 10.1 Å². The molecule has 23 heavy (non-hydrogen) atoms. The smallest absolute Gasteiger partial charge is 0.225 e. The second kappa shape index (κ2) is 6.20. The van der Waals surface area contributed by atoms with Crippen molar-refractivity contribution in [2.45, 2.75) is 32.0 Å². The van der Waals surface area contributed by atoms with E-state index in [0.717, 1.165) is 11.4 Å². The number of hydrogen-bond donors (Lipinski definition) is 1. The van der Waals surface area contributed by atoms with Crippen molar-refractivity contribution in [3.8, 4) is 5.75 Å². The van der Waals surface area contributed by atoms with E-state index < -0.39 is 8.07 Å². The van der Waals surface area contributed by atoms with E-state index in [1.165, 1.54) is 10.8 Å². The van der Waals surface area contributed by atoms with Gasteiger partial charge in [-0.25, -0.2) is 0 Å². The van der Waals surface area contributed by atoms with Crippen molar-refractivity contribution in [2.24, 2.45) is 0 Å². The summed E-state index contributed by atoms with van der Waals surface area (Å²) in [5, 5.41) is 4.31. The number of para-hydroxylation sites is 2. The first-order valence-electron chi connectivity index (χ1n) is 8.06. The number of carbonyl (C=O) groups is 1. The molecule has 1 atom stereocenters. The monoisotopic (exact) mass is 325 g/mol.